The lowest BCUT2D eigenvalue weighted by molar-refractivity contribution is -0.120. The van der Waals surface area contributed by atoms with Crippen LogP contribution >= 0.6 is 0 Å². The molecule has 0 saturated heterocycles. The summed E-state index contributed by atoms with van der Waals surface area (Å²) >= 11 is 0. The Morgan fingerprint density at radius 1 is 1.26 bits per heavy atom. The molecule has 0 heterocycles. The molecule has 0 bridgehead atoms. The molecule has 1 amide bonds. The molecule has 1 aromatic rings. The predicted octanol–water partition coefficient (Wildman–Crippen LogP) is 1.69. The van der Waals surface area contributed by atoms with E-state index in [-0.39, 0.29) is 31.1 Å². The topological polar surface area (TPSA) is 79.2 Å². The molecule has 5 nitrogen and oxygen atoms in total. The molecule has 0 fully saturated rings. The number of hydrogen-bond donors (Lipinski definition) is 1. The number of nitrogens with one attached hydrogen (secondary N) is 1. The molecule has 0 saturated carbocycles. The van der Waals surface area contributed by atoms with Gasteiger partial charge in [0.2, 0.25) is 5.91 Å². The molecular formula is C14H16N2O3. The number of carbonyl (C=O) groups is 2. The zero-order chi connectivity index (χ0) is 14.1. The van der Waals surface area contributed by atoms with E-state index in [1.807, 2.05) is 6.92 Å². The average Bonchev–Trinajstić information content (AvgIpc) is 2.43. The van der Waals surface area contributed by atoms with Crippen molar-refractivity contribution in [1.82, 2.24) is 5.32 Å². The Hall–Kier alpha value is -2.35. The highest BCUT2D eigenvalue weighted by Gasteiger charge is 2.09. The molecule has 1 rings (SSSR count). The van der Waals surface area contributed by atoms with Crippen LogP contribution in [0.2, 0.25) is 0 Å². The largest absolute Gasteiger partial charge is 0.494 e. The maximum absolute atomic E-state index is 11.8. The average molecular weight is 260 g/mol. The lowest BCUT2D eigenvalue weighted by atomic mass is 10.1. The summed E-state index contributed by atoms with van der Waals surface area (Å²) in [6, 6.07) is 8.62. The fourth-order valence-corrected chi connectivity index (χ4v) is 1.50. The molecule has 0 radical (unpaired) electrons. The number of hydrogen-bond acceptors (Lipinski definition) is 4. The molecule has 5 heteroatoms. The number of nitriles is 1. The monoisotopic (exact) mass is 260 g/mol. The quantitative estimate of drug-likeness (QED) is 0.597. The van der Waals surface area contributed by atoms with E-state index in [0.29, 0.717) is 17.9 Å². The van der Waals surface area contributed by atoms with E-state index >= 15 is 0 Å². The first-order valence-corrected chi connectivity index (χ1v) is 6.07. The fourth-order valence-electron chi connectivity index (χ4n) is 1.50. The van der Waals surface area contributed by atoms with Gasteiger partial charge in [0, 0.05) is 18.4 Å². The Labute approximate surface area is 112 Å². The zero-order valence-corrected chi connectivity index (χ0v) is 10.8. The van der Waals surface area contributed by atoms with Crippen molar-refractivity contribution in [3.05, 3.63) is 29.8 Å². The standard InChI is InChI=1S/C14H16N2O3/c1-2-19-12-5-3-11(4-6-12)13(17)7-8-14(18)16-10-9-15/h3-6H,2,7-8,10H2,1H3,(H,16,18). The van der Waals surface area contributed by atoms with E-state index in [2.05, 4.69) is 5.32 Å². The van der Waals surface area contributed by atoms with Gasteiger partial charge in [-0.05, 0) is 31.2 Å². The molecule has 1 N–H and O–H groups in total. The summed E-state index contributed by atoms with van der Waals surface area (Å²) < 4.78 is 5.28. The summed E-state index contributed by atoms with van der Waals surface area (Å²) in [5.41, 5.74) is 0.552. The smallest absolute Gasteiger partial charge is 0.221 e. The van der Waals surface area contributed by atoms with Crippen molar-refractivity contribution in [2.75, 3.05) is 13.2 Å². The van der Waals surface area contributed by atoms with E-state index in [0.717, 1.165) is 0 Å². The Bertz CT molecular complexity index is 474. The SMILES string of the molecule is CCOc1ccc(C(=O)CCC(=O)NCC#N)cc1. The molecule has 0 spiro atoms. The van der Waals surface area contributed by atoms with Crippen molar-refractivity contribution in [2.24, 2.45) is 0 Å². The van der Waals surface area contributed by atoms with Gasteiger partial charge < -0.3 is 10.1 Å². The highest BCUT2D eigenvalue weighted by Crippen LogP contribution is 2.13. The van der Waals surface area contributed by atoms with Gasteiger partial charge >= 0.3 is 0 Å². The van der Waals surface area contributed by atoms with Gasteiger partial charge in [-0.15, -0.1) is 0 Å². The lowest BCUT2D eigenvalue weighted by Gasteiger charge is -2.04. The first kappa shape index (κ1) is 14.7. The summed E-state index contributed by atoms with van der Waals surface area (Å²) in [6.45, 7) is 2.43. The van der Waals surface area contributed by atoms with Crippen LogP contribution in [0, 0.1) is 11.3 Å². The van der Waals surface area contributed by atoms with Gasteiger partial charge in [-0.25, -0.2) is 0 Å². The second kappa shape index (κ2) is 7.88. The summed E-state index contributed by atoms with van der Waals surface area (Å²) in [4.78, 5) is 23.0. The van der Waals surface area contributed by atoms with E-state index < -0.39 is 0 Å². The number of rotatable bonds is 7. The summed E-state index contributed by atoms with van der Waals surface area (Å²) in [5.74, 6) is 0.321. The second-order valence-corrected chi connectivity index (χ2v) is 3.82. The molecule has 0 aromatic heterocycles. The van der Waals surface area contributed by atoms with Crippen LogP contribution in [0.5, 0.6) is 5.75 Å². The van der Waals surface area contributed by atoms with Gasteiger partial charge in [0.25, 0.3) is 0 Å². The van der Waals surface area contributed by atoms with Gasteiger partial charge in [-0.3, -0.25) is 9.59 Å². The maximum atomic E-state index is 11.8. The van der Waals surface area contributed by atoms with E-state index in [1.165, 1.54) is 0 Å². The first-order valence-electron chi connectivity index (χ1n) is 6.07. The second-order valence-electron chi connectivity index (χ2n) is 3.82. The minimum absolute atomic E-state index is 0.0317. The van der Waals surface area contributed by atoms with Crippen molar-refractivity contribution >= 4 is 11.7 Å². The van der Waals surface area contributed by atoms with Gasteiger partial charge in [0.05, 0.1) is 12.7 Å². The molecule has 1 aromatic carbocycles. The first-order chi connectivity index (χ1) is 9.17. The minimum atomic E-state index is -0.291. The number of ketones is 1. The lowest BCUT2D eigenvalue weighted by Crippen LogP contribution is -2.23. The van der Waals surface area contributed by atoms with Gasteiger partial charge in [0.1, 0.15) is 12.3 Å². The molecule has 0 aliphatic carbocycles. The molecule has 0 unspecified atom stereocenters. The van der Waals surface area contributed by atoms with Crippen LogP contribution in [0.25, 0.3) is 0 Å². The van der Waals surface area contributed by atoms with Gasteiger partial charge in [0.15, 0.2) is 5.78 Å². The third-order valence-corrected chi connectivity index (χ3v) is 2.43. The Kier molecular flexibility index (Phi) is 6.10. The maximum Gasteiger partial charge on any atom is 0.221 e. The minimum Gasteiger partial charge on any atom is -0.494 e. The summed E-state index contributed by atoms with van der Waals surface area (Å²) in [5, 5.41) is 10.7. The number of amides is 1. The van der Waals surface area contributed by atoms with Crippen LogP contribution in [-0.2, 0) is 4.79 Å². The Morgan fingerprint density at radius 3 is 2.53 bits per heavy atom. The summed E-state index contributed by atoms with van der Waals surface area (Å²) in [7, 11) is 0. The highest BCUT2D eigenvalue weighted by molar-refractivity contribution is 5.98. The molecule has 0 aliphatic rings. The fraction of sp³-hybridized carbons (Fsp3) is 0.357. The van der Waals surface area contributed by atoms with Crippen molar-refractivity contribution in [3.63, 3.8) is 0 Å². The van der Waals surface area contributed by atoms with Crippen molar-refractivity contribution in [1.29, 1.82) is 5.26 Å². The van der Waals surface area contributed by atoms with Crippen molar-refractivity contribution in [2.45, 2.75) is 19.8 Å². The van der Waals surface area contributed by atoms with Crippen LogP contribution in [0.15, 0.2) is 24.3 Å². The molecular weight excluding hydrogens is 244 g/mol. The number of ether oxygens (including phenoxy) is 1. The third-order valence-electron chi connectivity index (χ3n) is 2.43. The predicted molar refractivity (Wildman–Crippen MR) is 69.8 cm³/mol. The number of Topliss-reactive ketones (excluding diaryl/α,β-unsaturated/α-hetero) is 1. The zero-order valence-electron chi connectivity index (χ0n) is 10.8. The van der Waals surface area contributed by atoms with Crippen LogP contribution in [-0.4, -0.2) is 24.8 Å². The van der Waals surface area contributed by atoms with E-state index in [1.54, 1.807) is 30.3 Å². The van der Waals surface area contributed by atoms with E-state index in [4.69, 9.17) is 10.00 Å². The van der Waals surface area contributed by atoms with Crippen LogP contribution < -0.4 is 10.1 Å². The number of nitrogens with zero attached hydrogens (tertiary/aromatic N) is 1. The van der Waals surface area contributed by atoms with Crippen molar-refractivity contribution < 1.29 is 14.3 Å². The van der Waals surface area contributed by atoms with Crippen molar-refractivity contribution in [3.8, 4) is 11.8 Å². The number of carbonyl (C=O) groups excluding carboxylic acids is 2. The van der Waals surface area contributed by atoms with E-state index in [9.17, 15) is 9.59 Å². The molecule has 0 atom stereocenters. The molecule has 100 valence electrons. The highest BCUT2D eigenvalue weighted by atomic mass is 16.5. The number of benzene rings is 1. The van der Waals surface area contributed by atoms with Crippen LogP contribution in [0.1, 0.15) is 30.1 Å². The van der Waals surface area contributed by atoms with Gasteiger partial charge in [-0.2, -0.15) is 5.26 Å². The van der Waals surface area contributed by atoms with Gasteiger partial charge in [-0.1, -0.05) is 0 Å². The Balaban J connectivity index is 2.45. The Morgan fingerprint density at radius 2 is 1.95 bits per heavy atom. The molecule has 0 aliphatic heterocycles. The normalized spacial score (nSPS) is 9.47. The van der Waals surface area contributed by atoms with Crippen LogP contribution in [0.3, 0.4) is 0 Å². The van der Waals surface area contributed by atoms with Crippen LogP contribution in [0.4, 0.5) is 0 Å². The summed E-state index contributed by atoms with van der Waals surface area (Å²) in [6.07, 6.45) is 0.221. The third kappa shape index (κ3) is 5.21. The molecule has 19 heavy (non-hydrogen) atoms.